The topological polar surface area (TPSA) is 20.3 Å². The molecule has 1 aliphatic rings. The third-order valence-corrected chi connectivity index (χ3v) is 11.2. The Morgan fingerprint density at radius 3 is 1.47 bits per heavy atom. The third-order valence-electron chi connectivity index (χ3n) is 6.44. The molecule has 32 heavy (non-hydrogen) atoms. The summed E-state index contributed by atoms with van der Waals surface area (Å²) in [5.41, 5.74) is 1.13. The van der Waals surface area contributed by atoms with Crippen molar-refractivity contribution in [3.63, 3.8) is 0 Å². The zero-order chi connectivity index (χ0) is 21.8. The first-order valence-electron chi connectivity index (χ1n) is 11.2. The van der Waals surface area contributed by atoms with Gasteiger partial charge in [0.15, 0.2) is 5.66 Å². The van der Waals surface area contributed by atoms with Crippen molar-refractivity contribution in [2.75, 3.05) is 6.54 Å². The molecule has 2 nitrogen and oxygen atoms in total. The van der Waals surface area contributed by atoms with Crippen LogP contribution in [0.4, 0.5) is 0 Å². The van der Waals surface area contributed by atoms with Gasteiger partial charge in [-0.15, -0.1) is 0 Å². The minimum atomic E-state index is -2.19. The fraction of sp³-hybridized carbons (Fsp3) is 0.138. The summed E-state index contributed by atoms with van der Waals surface area (Å²) in [5, 5.41) is 3.83. The number of likely N-dealkylation sites (tertiary alicyclic amines) is 1. The van der Waals surface area contributed by atoms with Crippen molar-refractivity contribution in [2.24, 2.45) is 0 Å². The number of amides is 1. The van der Waals surface area contributed by atoms with Crippen LogP contribution in [-0.4, -0.2) is 23.0 Å². The van der Waals surface area contributed by atoms with E-state index in [1.807, 2.05) is 18.2 Å². The van der Waals surface area contributed by atoms with E-state index in [4.69, 9.17) is 0 Å². The Labute approximate surface area is 190 Å². The molecule has 1 heterocycles. The van der Waals surface area contributed by atoms with E-state index < -0.39 is 7.26 Å². The summed E-state index contributed by atoms with van der Waals surface area (Å²) in [6.07, 6.45) is 0.873. The highest BCUT2D eigenvalue weighted by atomic mass is 31.2. The highest BCUT2D eigenvalue weighted by Crippen LogP contribution is 2.62. The predicted molar refractivity (Wildman–Crippen MR) is 135 cm³/mol. The second kappa shape index (κ2) is 9.10. The first kappa shape index (κ1) is 20.7. The largest absolute Gasteiger partial charge is 0.335 e. The molecule has 0 aliphatic carbocycles. The first-order chi connectivity index (χ1) is 15.8. The highest BCUT2D eigenvalue weighted by molar-refractivity contribution is 7.96. The molecule has 4 aromatic carbocycles. The molecule has 158 valence electrons. The van der Waals surface area contributed by atoms with Gasteiger partial charge in [-0.05, 0) is 42.0 Å². The molecule has 1 amide bonds. The van der Waals surface area contributed by atoms with Gasteiger partial charge in [0.05, 0.1) is 0 Å². The second-order valence-corrected chi connectivity index (χ2v) is 11.9. The van der Waals surface area contributed by atoms with Crippen LogP contribution in [0.1, 0.15) is 12.0 Å². The normalized spacial score (nSPS) is 16.3. The number of carbonyl (C=O) groups is 1. The van der Waals surface area contributed by atoms with Crippen LogP contribution in [0.5, 0.6) is 0 Å². The maximum atomic E-state index is 14.0. The van der Waals surface area contributed by atoms with Crippen LogP contribution in [0.15, 0.2) is 121 Å². The maximum absolute atomic E-state index is 14.0. The molecular formula is C29H27NOP+. The van der Waals surface area contributed by atoms with Crippen LogP contribution >= 0.6 is 7.26 Å². The molecule has 0 radical (unpaired) electrons. The quantitative estimate of drug-likeness (QED) is 0.398. The van der Waals surface area contributed by atoms with Gasteiger partial charge < -0.3 is 4.90 Å². The van der Waals surface area contributed by atoms with Gasteiger partial charge in [-0.3, -0.25) is 4.79 Å². The minimum absolute atomic E-state index is 0.0570. The van der Waals surface area contributed by atoms with E-state index >= 15 is 0 Å². The van der Waals surface area contributed by atoms with Gasteiger partial charge in [0.25, 0.3) is 5.91 Å². The fourth-order valence-electron chi connectivity index (χ4n) is 5.02. The maximum Gasteiger partial charge on any atom is 0.264 e. The summed E-state index contributed by atoms with van der Waals surface area (Å²) in [4.78, 5) is 16.1. The van der Waals surface area contributed by atoms with Gasteiger partial charge in [-0.25, -0.2) is 0 Å². The van der Waals surface area contributed by atoms with Crippen molar-refractivity contribution in [3.8, 4) is 0 Å². The number of benzene rings is 4. The van der Waals surface area contributed by atoms with Gasteiger partial charge >= 0.3 is 0 Å². The average molecular weight is 437 g/mol. The number of rotatable bonds is 6. The van der Waals surface area contributed by atoms with Gasteiger partial charge in [0, 0.05) is 19.5 Å². The van der Waals surface area contributed by atoms with E-state index in [0.717, 1.165) is 13.0 Å². The zero-order valence-corrected chi connectivity index (χ0v) is 18.9. The molecule has 1 aliphatic heterocycles. The van der Waals surface area contributed by atoms with Crippen LogP contribution in [-0.2, 0) is 11.3 Å². The lowest BCUT2D eigenvalue weighted by Crippen LogP contribution is -2.42. The first-order valence-corrected chi connectivity index (χ1v) is 13.0. The molecule has 0 spiro atoms. The monoisotopic (exact) mass is 436 g/mol. The van der Waals surface area contributed by atoms with Crippen molar-refractivity contribution in [1.29, 1.82) is 0 Å². The van der Waals surface area contributed by atoms with E-state index in [1.54, 1.807) is 0 Å². The molecule has 1 atom stereocenters. The summed E-state index contributed by atoms with van der Waals surface area (Å²) < 4.78 is 0. The molecule has 0 saturated carbocycles. The van der Waals surface area contributed by atoms with Crippen LogP contribution in [0.2, 0.25) is 0 Å². The Kier molecular flexibility index (Phi) is 5.88. The van der Waals surface area contributed by atoms with E-state index in [1.165, 1.54) is 21.5 Å². The van der Waals surface area contributed by atoms with Crippen molar-refractivity contribution < 1.29 is 4.79 Å². The lowest BCUT2D eigenvalue weighted by Gasteiger charge is -2.32. The standard InChI is InChI=1S/C29H27NOP/c31-29-28(21-22-30(29)23-24-13-5-1-6-14-24)32(25-15-7-2-8-16-25,26-17-9-3-10-18-26)27-19-11-4-12-20-27/h1-20,28H,21-23H2/q+1/t28-/m1/s1. The van der Waals surface area contributed by atoms with Crippen molar-refractivity contribution in [1.82, 2.24) is 4.90 Å². The molecule has 4 aromatic rings. The molecular weight excluding hydrogens is 409 g/mol. The van der Waals surface area contributed by atoms with E-state index in [0.29, 0.717) is 6.54 Å². The van der Waals surface area contributed by atoms with Crippen LogP contribution in [0.25, 0.3) is 0 Å². The summed E-state index contributed by atoms with van der Waals surface area (Å²) in [6.45, 7) is 1.47. The molecule has 1 fully saturated rings. The van der Waals surface area contributed by atoms with Crippen molar-refractivity contribution >= 4 is 29.1 Å². The SMILES string of the molecule is O=C1[C@H]([P+](c2ccccc2)(c2ccccc2)c2ccccc2)CCN1Cc1ccccc1. The smallest absolute Gasteiger partial charge is 0.264 e. The predicted octanol–water partition coefficient (Wildman–Crippen LogP) is 4.78. The second-order valence-electron chi connectivity index (χ2n) is 8.28. The van der Waals surface area contributed by atoms with Gasteiger partial charge in [-0.2, -0.15) is 0 Å². The zero-order valence-electron chi connectivity index (χ0n) is 18.0. The number of hydrogen-bond acceptors (Lipinski definition) is 1. The molecule has 0 aromatic heterocycles. The minimum Gasteiger partial charge on any atom is -0.335 e. The summed E-state index contributed by atoms with van der Waals surface area (Å²) in [5.74, 6) is 0.277. The fourth-order valence-corrected chi connectivity index (χ4v) is 9.92. The van der Waals surface area contributed by atoms with E-state index in [9.17, 15) is 4.79 Å². The van der Waals surface area contributed by atoms with Crippen molar-refractivity contribution in [2.45, 2.75) is 18.6 Å². The molecule has 5 rings (SSSR count). The Hall–Kier alpha value is -3.22. The van der Waals surface area contributed by atoms with Crippen LogP contribution < -0.4 is 15.9 Å². The molecule has 0 N–H and O–H groups in total. The van der Waals surface area contributed by atoms with Gasteiger partial charge in [0.2, 0.25) is 0 Å². The van der Waals surface area contributed by atoms with E-state index in [2.05, 4.69) is 108 Å². The summed E-state index contributed by atoms with van der Waals surface area (Å²) >= 11 is 0. The Bertz CT molecular complexity index is 1070. The molecule has 0 bridgehead atoms. The Morgan fingerprint density at radius 2 is 1.03 bits per heavy atom. The Morgan fingerprint density at radius 1 is 0.625 bits per heavy atom. The summed E-state index contributed by atoms with van der Waals surface area (Å²) in [6, 6.07) is 42.5. The van der Waals surface area contributed by atoms with Crippen LogP contribution in [0.3, 0.4) is 0 Å². The highest BCUT2D eigenvalue weighted by Gasteiger charge is 2.58. The third kappa shape index (κ3) is 3.66. The number of nitrogens with zero attached hydrogens (tertiary/aromatic N) is 1. The molecule has 0 unspecified atom stereocenters. The molecule has 1 saturated heterocycles. The van der Waals surface area contributed by atoms with Gasteiger partial charge in [0.1, 0.15) is 23.2 Å². The molecule has 3 heteroatoms. The number of carbonyl (C=O) groups excluding carboxylic acids is 1. The number of hydrogen-bond donors (Lipinski definition) is 0. The van der Waals surface area contributed by atoms with E-state index in [-0.39, 0.29) is 11.6 Å². The van der Waals surface area contributed by atoms with Gasteiger partial charge in [-0.1, -0.05) is 84.9 Å². The lowest BCUT2D eigenvalue weighted by atomic mass is 10.2. The Balaban J connectivity index is 1.66. The lowest BCUT2D eigenvalue weighted by molar-refractivity contribution is -0.127. The van der Waals surface area contributed by atoms with Crippen LogP contribution in [0, 0.1) is 0 Å². The van der Waals surface area contributed by atoms with Crippen molar-refractivity contribution in [3.05, 3.63) is 127 Å². The summed E-state index contributed by atoms with van der Waals surface area (Å²) in [7, 11) is -2.19. The average Bonchev–Trinajstić information content (AvgIpc) is 3.22.